The lowest BCUT2D eigenvalue weighted by Gasteiger charge is -2.19. The maximum absolute atomic E-state index is 13.1. The van der Waals surface area contributed by atoms with E-state index in [9.17, 15) is 9.59 Å². The van der Waals surface area contributed by atoms with Crippen LogP contribution in [0, 0.1) is 6.92 Å². The molecule has 0 bridgehead atoms. The van der Waals surface area contributed by atoms with Crippen molar-refractivity contribution in [1.82, 2.24) is 14.5 Å². The van der Waals surface area contributed by atoms with Crippen molar-refractivity contribution in [1.29, 1.82) is 0 Å². The number of fused-ring (bicyclic) bond motifs is 2. The van der Waals surface area contributed by atoms with Gasteiger partial charge < -0.3 is 4.90 Å². The highest BCUT2D eigenvalue weighted by Crippen LogP contribution is 2.30. The minimum absolute atomic E-state index is 0.00612. The fourth-order valence-electron chi connectivity index (χ4n) is 3.34. The molecule has 0 saturated heterocycles. The average Bonchev–Trinajstić information content (AvgIpc) is 3.32. The second-order valence-corrected chi connectivity index (χ2v) is 8.25. The van der Waals surface area contributed by atoms with Crippen molar-refractivity contribution >= 4 is 38.8 Å². The maximum atomic E-state index is 13.1. The summed E-state index contributed by atoms with van der Waals surface area (Å²) in [7, 11) is 0. The van der Waals surface area contributed by atoms with Gasteiger partial charge in [0.1, 0.15) is 10.7 Å². The Kier molecular flexibility index (Phi) is 4.21. The van der Waals surface area contributed by atoms with Crippen molar-refractivity contribution in [3.05, 3.63) is 49.0 Å². The second-order valence-electron chi connectivity index (χ2n) is 6.22. The smallest absolute Gasteiger partial charge is 0.264 e. The van der Waals surface area contributed by atoms with Gasteiger partial charge in [-0.05, 0) is 37.3 Å². The number of carbonyl (C=O) groups excluding carboxylic acids is 1. The van der Waals surface area contributed by atoms with Gasteiger partial charge in [-0.2, -0.15) is 0 Å². The lowest BCUT2D eigenvalue weighted by atomic mass is 10.2. The fraction of sp³-hybridized carbons (Fsp3) is 0.389. The third kappa shape index (κ3) is 2.71. The number of amides is 1. The lowest BCUT2D eigenvalue weighted by molar-refractivity contribution is 0.0758. The Labute approximate surface area is 153 Å². The van der Waals surface area contributed by atoms with E-state index in [-0.39, 0.29) is 11.5 Å². The van der Waals surface area contributed by atoms with Crippen molar-refractivity contribution in [2.24, 2.45) is 0 Å². The first kappa shape index (κ1) is 16.5. The molecule has 0 fully saturated rings. The van der Waals surface area contributed by atoms with Crippen LogP contribution in [0.2, 0.25) is 0 Å². The number of aromatic nitrogens is 2. The highest BCUT2D eigenvalue weighted by atomic mass is 32.1. The van der Waals surface area contributed by atoms with Gasteiger partial charge in [-0.1, -0.05) is 6.07 Å². The van der Waals surface area contributed by atoms with E-state index in [0.717, 1.165) is 35.7 Å². The molecule has 1 aliphatic heterocycles. The van der Waals surface area contributed by atoms with Gasteiger partial charge in [-0.25, -0.2) is 4.98 Å². The number of rotatable bonds is 4. The van der Waals surface area contributed by atoms with Crippen LogP contribution in [-0.2, 0) is 19.5 Å². The summed E-state index contributed by atoms with van der Waals surface area (Å²) in [5.41, 5.74) is 0.779. The molecule has 130 valence electrons. The second kappa shape index (κ2) is 6.38. The number of thiophene rings is 2. The van der Waals surface area contributed by atoms with E-state index in [1.165, 1.54) is 11.3 Å². The summed E-state index contributed by atoms with van der Waals surface area (Å²) in [5.74, 6) is 0.838. The van der Waals surface area contributed by atoms with Crippen molar-refractivity contribution in [3.8, 4) is 0 Å². The summed E-state index contributed by atoms with van der Waals surface area (Å²) in [5, 5.41) is 2.64. The van der Waals surface area contributed by atoms with Gasteiger partial charge >= 0.3 is 0 Å². The molecule has 5 nitrogen and oxygen atoms in total. The lowest BCUT2D eigenvalue weighted by Crippen LogP contribution is -2.29. The van der Waals surface area contributed by atoms with Crippen LogP contribution in [0.1, 0.15) is 39.3 Å². The van der Waals surface area contributed by atoms with Gasteiger partial charge in [0.2, 0.25) is 0 Å². The molecule has 4 rings (SSSR count). The molecule has 3 aromatic heterocycles. The summed E-state index contributed by atoms with van der Waals surface area (Å²) in [6.45, 7) is 5.82. The molecular formula is C18H19N3O2S2. The largest absolute Gasteiger partial charge is 0.333 e. The van der Waals surface area contributed by atoms with Crippen LogP contribution in [0.15, 0.2) is 22.3 Å². The molecule has 0 saturated carbocycles. The monoisotopic (exact) mass is 373 g/mol. The molecule has 1 amide bonds. The molecule has 0 spiro atoms. The van der Waals surface area contributed by atoms with Crippen molar-refractivity contribution in [3.63, 3.8) is 0 Å². The summed E-state index contributed by atoms with van der Waals surface area (Å²) in [4.78, 5) is 34.8. The third-order valence-electron chi connectivity index (χ3n) is 4.70. The molecule has 0 atom stereocenters. The normalized spacial score (nSPS) is 13.4. The van der Waals surface area contributed by atoms with Crippen LogP contribution in [0.25, 0.3) is 10.2 Å². The Balaban J connectivity index is 1.76. The van der Waals surface area contributed by atoms with E-state index >= 15 is 0 Å². The fourth-order valence-corrected chi connectivity index (χ4v) is 5.22. The maximum Gasteiger partial charge on any atom is 0.264 e. The molecule has 25 heavy (non-hydrogen) atoms. The van der Waals surface area contributed by atoms with Gasteiger partial charge in [0.15, 0.2) is 0 Å². The first-order valence-electron chi connectivity index (χ1n) is 8.44. The zero-order valence-electron chi connectivity index (χ0n) is 14.2. The zero-order valence-corrected chi connectivity index (χ0v) is 15.9. The number of carbonyl (C=O) groups is 1. The van der Waals surface area contributed by atoms with Crippen LogP contribution < -0.4 is 5.56 Å². The molecule has 4 heterocycles. The molecule has 0 N–H and O–H groups in total. The summed E-state index contributed by atoms with van der Waals surface area (Å²) >= 11 is 3.01. The average molecular weight is 374 g/mol. The molecule has 7 heteroatoms. The Morgan fingerprint density at radius 1 is 1.44 bits per heavy atom. The van der Waals surface area contributed by atoms with Crippen molar-refractivity contribution in [2.45, 2.75) is 39.8 Å². The van der Waals surface area contributed by atoms with E-state index in [2.05, 4.69) is 4.98 Å². The van der Waals surface area contributed by atoms with Crippen molar-refractivity contribution in [2.75, 3.05) is 6.54 Å². The van der Waals surface area contributed by atoms with Crippen LogP contribution in [0.5, 0.6) is 0 Å². The highest BCUT2D eigenvalue weighted by Gasteiger charge is 2.25. The Morgan fingerprint density at radius 2 is 2.28 bits per heavy atom. The minimum atomic E-state index is -0.0130. The van der Waals surface area contributed by atoms with E-state index in [4.69, 9.17) is 0 Å². The van der Waals surface area contributed by atoms with E-state index < -0.39 is 0 Å². The molecule has 3 aromatic rings. The zero-order chi connectivity index (χ0) is 17.6. The van der Waals surface area contributed by atoms with E-state index in [1.807, 2.05) is 36.3 Å². The predicted octanol–water partition coefficient (Wildman–Crippen LogP) is 3.44. The van der Waals surface area contributed by atoms with Gasteiger partial charge in [-0.3, -0.25) is 14.2 Å². The third-order valence-corrected chi connectivity index (χ3v) is 6.74. The summed E-state index contributed by atoms with van der Waals surface area (Å²) in [6, 6.07) is 4.03. The Morgan fingerprint density at radius 3 is 3.00 bits per heavy atom. The first-order valence-corrected chi connectivity index (χ1v) is 10.1. The van der Waals surface area contributed by atoms with Crippen LogP contribution in [0.3, 0.4) is 0 Å². The number of hydrogen-bond acceptors (Lipinski definition) is 5. The number of aryl methyl sites for hydroxylation is 2. The number of nitrogens with zero attached hydrogens (tertiary/aromatic N) is 3. The molecule has 1 aliphatic rings. The van der Waals surface area contributed by atoms with Gasteiger partial charge in [-0.15, -0.1) is 22.7 Å². The quantitative estimate of drug-likeness (QED) is 0.704. The Bertz CT molecular complexity index is 1000. The molecule has 0 aliphatic carbocycles. The van der Waals surface area contributed by atoms with Crippen LogP contribution in [0.4, 0.5) is 0 Å². The molecule has 0 aromatic carbocycles. The standard InChI is InChI=1S/C18H19N3O2S2/c1-3-20(10-12-6-5-9-24-12)18(23)15-11(2)14-16(25-15)19-13-7-4-8-21(13)17(14)22/h5-6,9H,3-4,7-8,10H2,1-2H3. The Hall–Kier alpha value is -1.99. The SMILES string of the molecule is CCN(Cc1cccs1)C(=O)c1sc2nc3n(c(=O)c2c1C)CCC3. The molecular weight excluding hydrogens is 354 g/mol. The van der Waals surface area contributed by atoms with Crippen LogP contribution in [-0.4, -0.2) is 26.9 Å². The summed E-state index contributed by atoms with van der Waals surface area (Å²) < 4.78 is 1.76. The van der Waals surface area contributed by atoms with Crippen LogP contribution >= 0.6 is 22.7 Å². The first-order chi connectivity index (χ1) is 12.1. The van der Waals surface area contributed by atoms with Gasteiger partial charge in [0.25, 0.3) is 11.5 Å². The highest BCUT2D eigenvalue weighted by molar-refractivity contribution is 7.20. The minimum Gasteiger partial charge on any atom is -0.333 e. The number of hydrogen-bond donors (Lipinski definition) is 0. The van der Waals surface area contributed by atoms with Gasteiger partial charge in [0, 0.05) is 24.4 Å². The van der Waals surface area contributed by atoms with Crippen molar-refractivity contribution < 1.29 is 4.79 Å². The summed E-state index contributed by atoms with van der Waals surface area (Å²) in [6.07, 6.45) is 1.81. The topological polar surface area (TPSA) is 55.2 Å². The molecule has 0 radical (unpaired) electrons. The van der Waals surface area contributed by atoms with E-state index in [0.29, 0.717) is 28.2 Å². The predicted molar refractivity (Wildman–Crippen MR) is 102 cm³/mol. The van der Waals surface area contributed by atoms with E-state index in [1.54, 1.807) is 15.9 Å². The van der Waals surface area contributed by atoms with Gasteiger partial charge in [0.05, 0.1) is 16.8 Å². The molecule has 0 unspecified atom stereocenters.